The van der Waals surface area contributed by atoms with E-state index in [9.17, 15) is 14.0 Å². The van der Waals surface area contributed by atoms with E-state index in [1.165, 1.54) is 16.5 Å². The second-order valence-corrected chi connectivity index (χ2v) is 6.78. The maximum atomic E-state index is 14.3. The van der Waals surface area contributed by atoms with Gasteiger partial charge in [0.25, 0.3) is 0 Å². The Bertz CT molecular complexity index is 862. The zero-order valence-electron chi connectivity index (χ0n) is 15.4. The normalized spacial score (nSPS) is 14.5. The minimum atomic E-state index is -0.507. The van der Waals surface area contributed by atoms with Crippen LogP contribution in [-0.2, 0) is 16.0 Å². The Kier molecular flexibility index (Phi) is 6.01. The smallest absolute Gasteiger partial charge is 0.248 e. The molecule has 0 aliphatic carbocycles. The number of aryl methyl sites for hydroxylation is 1. The van der Waals surface area contributed by atoms with Gasteiger partial charge in [-0.15, -0.1) is 0 Å². The van der Waals surface area contributed by atoms with Crippen LogP contribution in [-0.4, -0.2) is 18.4 Å². The Hall–Kier alpha value is -2.95. The van der Waals surface area contributed by atoms with Gasteiger partial charge in [-0.2, -0.15) is 0 Å². The summed E-state index contributed by atoms with van der Waals surface area (Å²) < 4.78 is 14.3. The second kappa shape index (κ2) is 8.62. The summed E-state index contributed by atoms with van der Waals surface area (Å²) in [5.74, 6) is -0.861. The Labute approximate surface area is 158 Å². The number of rotatable bonds is 6. The van der Waals surface area contributed by atoms with Gasteiger partial charge in [-0.05, 0) is 49.9 Å². The molecule has 1 saturated heterocycles. The van der Waals surface area contributed by atoms with Crippen molar-refractivity contribution < 1.29 is 14.0 Å². The number of amides is 2. The molecular weight excluding hydrogens is 343 g/mol. The number of carbonyl (C=O) groups excluding carboxylic acids is 2. The predicted octanol–water partition coefficient (Wildman–Crippen LogP) is 4.47. The first kappa shape index (κ1) is 18.8. The molecule has 1 aliphatic rings. The van der Waals surface area contributed by atoms with Crippen molar-refractivity contribution in [2.45, 2.75) is 32.6 Å². The van der Waals surface area contributed by atoms with Gasteiger partial charge < -0.3 is 10.2 Å². The molecule has 0 unspecified atom stereocenters. The van der Waals surface area contributed by atoms with Gasteiger partial charge in [0.1, 0.15) is 5.82 Å². The van der Waals surface area contributed by atoms with Crippen molar-refractivity contribution in [3.63, 3.8) is 0 Å². The van der Waals surface area contributed by atoms with Crippen LogP contribution in [0.15, 0.2) is 60.2 Å². The maximum Gasteiger partial charge on any atom is 0.248 e. The lowest BCUT2D eigenvalue weighted by atomic mass is 10.1. The molecule has 3 rings (SSSR count). The molecule has 1 heterocycles. The molecule has 2 aromatic carbocycles. The fourth-order valence-corrected chi connectivity index (χ4v) is 3.17. The van der Waals surface area contributed by atoms with E-state index in [0.29, 0.717) is 18.7 Å². The van der Waals surface area contributed by atoms with Crippen LogP contribution in [0.1, 0.15) is 31.7 Å². The summed E-state index contributed by atoms with van der Waals surface area (Å²) in [6.07, 6.45) is 4.37. The number of allylic oxidation sites excluding steroid dienone is 1. The van der Waals surface area contributed by atoms with Gasteiger partial charge in [0.2, 0.25) is 11.8 Å². The number of benzene rings is 2. The first-order valence-corrected chi connectivity index (χ1v) is 9.15. The fourth-order valence-electron chi connectivity index (χ4n) is 3.17. The quantitative estimate of drug-likeness (QED) is 0.767. The molecule has 0 saturated carbocycles. The van der Waals surface area contributed by atoms with E-state index in [-0.39, 0.29) is 17.5 Å². The Morgan fingerprint density at radius 2 is 2.00 bits per heavy atom. The number of hydrogen-bond donors (Lipinski definition) is 1. The van der Waals surface area contributed by atoms with Crippen LogP contribution in [0.5, 0.6) is 0 Å². The lowest BCUT2D eigenvalue weighted by Gasteiger charge is -2.17. The summed E-state index contributed by atoms with van der Waals surface area (Å²) in [5, 5.41) is 2.68. The van der Waals surface area contributed by atoms with E-state index in [1.807, 2.05) is 25.1 Å². The molecule has 0 radical (unpaired) electrons. The predicted molar refractivity (Wildman–Crippen MR) is 105 cm³/mol. The molecule has 0 atom stereocenters. The molecule has 0 spiro atoms. The minimum Gasteiger partial charge on any atom is -0.322 e. The molecule has 140 valence electrons. The SMILES string of the molecule is C/C(=C/C(=O)Nc1ccc(N2CCCC2=O)c(F)c1)CCc1ccccc1. The van der Waals surface area contributed by atoms with Gasteiger partial charge in [0.05, 0.1) is 5.69 Å². The fraction of sp³-hybridized carbons (Fsp3) is 0.273. The van der Waals surface area contributed by atoms with Gasteiger partial charge in [-0.3, -0.25) is 9.59 Å². The molecule has 0 aromatic heterocycles. The van der Waals surface area contributed by atoms with Crippen molar-refractivity contribution in [2.75, 3.05) is 16.8 Å². The van der Waals surface area contributed by atoms with Crippen molar-refractivity contribution in [3.8, 4) is 0 Å². The van der Waals surface area contributed by atoms with Crippen molar-refractivity contribution >= 4 is 23.2 Å². The third-order valence-corrected chi connectivity index (χ3v) is 4.61. The number of hydrogen-bond acceptors (Lipinski definition) is 2. The van der Waals surface area contributed by atoms with Gasteiger partial charge in [0, 0.05) is 24.7 Å². The number of halogens is 1. The van der Waals surface area contributed by atoms with Gasteiger partial charge in [0.15, 0.2) is 0 Å². The molecule has 2 aromatic rings. The first-order valence-electron chi connectivity index (χ1n) is 9.15. The number of nitrogens with one attached hydrogen (secondary N) is 1. The standard InChI is InChI=1S/C22H23FN2O2/c1-16(9-10-17-6-3-2-4-7-17)14-21(26)24-18-11-12-20(19(23)15-18)25-13-5-8-22(25)27/h2-4,6-7,11-12,14-15H,5,8-10,13H2,1H3,(H,24,26)/b16-14-. The monoisotopic (exact) mass is 366 g/mol. The summed E-state index contributed by atoms with van der Waals surface area (Å²) in [6.45, 7) is 2.44. The van der Waals surface area contributed by atoms with E-state index < -0.39 is 5.82 Å². The minimum absolute atomic E-state index is 0.0670. The van der Waals surface area contributed by atoms with E-state index in [2.05, 4.69) is 17.4 Å². The van der Waals surface area contributed by atoms with E-state index in [0.717, 1.165) is 24.8 Å². The molecule has 5 heteroatoms. The van der Waals surface area contributed by atoms with Crippen LogP contribution in [0.2, 0.25) is 0 Å². The summed E-state index contributed by atoms with van der Waals surface area (Å²) in [4.78, 5) is 25.4. The van der Waals surface area contributed by atoms with Gasteiger partial charge in [-0.25, -0.2) is 4.39 Å². The Balaban J connectivity index is 1.58. The van der Waals surface area contributed by atoms with Crippen LogP contribution >= 0.6 is 0 Å². The Morgan fingerprint density at radius 3 is 2.67 bits per heavy atom. The molecule has 0 bridgehead atoms. The summed E-state index contributed by atoms with van der Waals surface area (Å²) in [6, 6.07) is 14.5. The topological polar surface area (TPSA) is 49.4 Å². The van der Waals surface area contributed by atoms with E-state index >= 15 is 0 Å². The largest absolute Gasteiger partial charge is 0.322 e. The summed E-state index contributed by atoms with van der Waals surface area (Å²) in [5.41, 5.74) is 2.82. The van der Waals surface area contributed by atoms with Crippen LogP contribution in [0, 0.1) is 5.82 Å². The highest BCUT2D eigenvalue weighted by atomic mass is 19.1. The van der Waals surface area contributed by atoms with Crippen LogP contribution in [0.25, 0.3) is 0 Å². The molecule has 2 amide bonds. The number of nitrogens with zero attached hydrogens (tertiary/aromatic N) is 1. The van der Waals surface area contributed by atoms with E-state index in [1.54, 1.807) is 18.2 Å². The highest BCUT2D eigenvalue weighted by Crippen LogP contribution is 2.26. The highest BCUT2D eigenvalue weighted by Gasteiger charge is 2.24. The molecule has 27 heavy (non-hydrogen) atoms. The van der Waals surface area contributed by atoms with Crippen molar-refractivity contribution in [3.05, 3.63) is 71.6 Å². The Morgan fingerprint density at radius 1 is 1.22 bits per heavy atom. The number of carbonyl (C=O) groups is 2. The summed E-state index contributed by atoms with van der Waals surface area (Å²) >= 11 is 0. The maximum absolute atomic E-state index is 14.3. The van der Waals surface area contributed by atoms with Crippen LogP contribution in [0.3, 0.4) is 0 Å². The average Bonchev–Trinajstić information content (AvgIpc) is 3.06. The molecule has 1 aliphatic heterocycles. The summed E-state index contributed by atoms with van der Waals surface area (Å²) in [7, 11) is 0. The highest BCUT2D eigenvalue weighted by molar-refractivity contribution is 6.00. The van der Waals surface area contributed by atoms with Crippen LogP contribution < -0.4 is 10.2 Å². The van der Waals surface area contributed by atoms with Crippen molar-refractivity contribution in [1.29, 1.82) is 0 Å². The van der Waals surface area contributed by atoms with Crippen LogP contribution in [0.4, 0.5) is 15.8 Å². The van der Waals surface area contributed by atoms with Crippen molar-refractivity contribution in [2.24, 2.45) is 0 Å². The molecular formula is C22H23FN2O2. The molecule has 4 nitrogen and oxygen atoms in total. The first-order chi connectivity index (χ1) is 13.0. The molecule has 1 fully saturated rings. The number of anilines is 2. The average molecular weight is 366 g/mol. The zero-order chi connectivity index (χ0) is 19.2. The lowest BCUT2D eigenvalue weighted by Crippen LogP contribution is -2.24. The van der Waals surface area contributed by atoms with Gasteiger partial charge >= 0.3 is 0 Å². The third kappa shape index (κ3) is 5.03. The lowest BCUT2D eigenvalue weighted by molar-refractivity contribution is -0.117. The zero-order valence-corrected chi connectivity index (χ0v) is 15.4. The third-order valence-electron chi connectivity index (χ3n) is 4.61. The molecule has 1 N–H and O–H groups in total. The van der Waals surface area contributed by atoms with Gasteiger partial charge in [-0.1, -0.05) is 35.9 Å². The van der Waals surface area contributed by atoms with Crippen molar-refractivity contribution in [1.82, 2.24) is 0 Å². The second-order valence-electron chi connectivity index (χ2n) is 6.78. The van der Waals surface area contributed by atoms with E-state index in [4.69, 9.17) is 0 Å².